The van der Waals surface area contributed by atoms with E-state index in [1.165, 1.54) is 9.88 Å². The highest BCUT2D eigenvalue weighted by Gasteiger charge is 2.21. The van der Waals surface area contributed by atoms with Gasteiger partial charge in [0.25, 0.3) is 0 Å². The van der Waals surface area contributed by atoms with Crippen molar-refractivity contribution in [3.05, 3.63) is 16.1 Å². The van der Waals surface area contributed by atoms with Crippen LogP contribution in [0.2, 0.25) is 0 Å². The SMILES string of the molecule is CCc1cnc(CCNC(=NC)NCC2CN(CC(C)C)CCO2)s1. The molecule has 1 atom stereocenters. The number of morpholine rings is 1. The summed E-state index contributed by atoms with van der Waals surface area (Å²) in [5, 5.41) is 7.93. The minimum Gasteiger partial charge on any atom is -0.374 e. The van der Waals surface area contributed by atoms with Crippen LogP contribution in [0.25, 0.3) is 0 Å². The second-order valence-corrected chi connectivity index (χ2v) is 8.05. The molecular weight excluding hydrogens is 334 g/mol. The third-order valence-corrected chi connectivity index (χ3v) is 5.35. The molecular formula is C18H33N5OS. The van der Waals surface area contributed by atoms with Crippen molar-refractivity contribution < 1.29 is 4.74 Å². The van der Waals surface area contributed by atoms with Crippen LogP contribution >= 0.6 is 11.3 Å². The van der Waals surface area contributed by atoms with Gasteiger partial charge in [-0.05, 0) is 12.3 Å². The lowest BCUT2D eigenvalue weighted by Crippen LogP contribution is -2.50. The number of aliphatic imine (C=N–C) groups is 1. The van der Waals surface area contributed by atoms with E-state index in [2.05, 4.69) is 46.3 Å². The Morgan fingerprint density at radius 2 is 2.32 bits per heavy atom. The van der Waals surface area contributed by atoms with E-state index in [0.717, 1.165) is 58.1 Å². The Balaban J connectivity index is 1.67. The van der Waals surface area contributed by atoms with E-state index in [9.17, 15) is 0 Å². The first-order valence-corrected chi connectivity index (χ1v) is 10.1. The van der Waals surface area contributed by atoms with Gasteiger partial charge in [-0.25, -0.2) is 4.98 Å². The Labute approximate surface area is 156 Å². The average Bonchev–Trinajstić information content (AvgIpc) is 3.05. The van der Waals surface area contributed by atoms with Crippen LogP contribution < -0.4 is 10.6 Å². The molecule has 0 aromatic carbocycles. The number of aromatic nitrogens is 1. The molecule has 0 spiro atoms. The zero-order chi connectivity index (χ0) is 18.1. The fourth-order valence-electron chi connectivity index (χ4n) is 2.93. The van der Waals surface area contributed by atoms with E-state index in [1.807, 2.05) is 6.20 Å². The van der Waals surface area contributed by atoms with Gasteiger partial charge in [-0.15, -0.1) is 11.3 Å². The van der Waals surface area contributed by atoms with Crippen molar-refractivity contribution in [2.75, 3.05) is 46.4 Å². The van der Waals surface area contributed by atoms with Gasteiger partial charge in [0, 0.05) is 57.3 Å². The normalized spacial score (nSPS) is 19.4. The highest BCUT2D eigenvalue weighted by molar-refractivity contribution is 7.11. The standard InChI is InChI=1S/C18H33N5OS/c1-5-16-11-21-17(25-16)6-7-20-18(19-4)22-10-15-13-23(8-9-24-15)12-14(2)3/h11,14-15H,5-10,12-13H2,1-4H3,(H2,19,20,22). The number of hydrogen-bond donors (Lipinski definition) is 2. The van der Waals surface area contributed by atoms with Gasteiger partial charge in [-0.2, -0.15) is 0 Å². The number of nitrogens with one attached hydrogen (secondary N) is 2. The Kier molecular flexibility index (Phi) is 8.64. The van der Waals surface area contributed by atoms with E-state index < -0.39 is 0 Å². The first-order valence-electron chi connectivity index (χ1n) is 9.32. The van der Waals surface area contributed by atoms with Crippen molar-refractivity contribution in [1.29, 1.82) is 0 Å². The molecule has 0 amide bonds. The zero-order valence-electron chi connectivity index (χ0n) is 16.0. The van der Waals surface area contributed by atoms with E-state index in [4.69, 9.17) is 4.74 Å². The molecule has 2 N–H and O–H groups in total. The van der Waals surface area contributed by atoms with Crippen molar-refractivity contribution >= 4 is 17.3 Å². The zero-order valence-corrected chi connectivity index (χ0v) is 16.9. The quantitative estimate of drug-likeness (QED) is 0.542. The van der Waals surface area contributed by atoms with Crippen LogP contribution in [0.3, 0.4) is 0 Å². The summed E-state index contributed by atoms with van der Waals surface area (Å²) in [6.45, 7) is 12.3. The molecule has 0 bridgehead atoms. The van der Waals surface area contributed by atoms with Gasteiger partial charge in [-0.3, -0.25) is 9.89 Å². The van der Waals surface area contributed by atoms with Gasteiger partial charge >= 0.3 is 0 Å². The summed E-state index contributed by atoms with van der Waals surface area (Å²) in [7, 11) is 1.81. The maximum atomic E-state index is 5.88. The van der Waals surface area contributed by atoms with Crippen LogP contribution in [0.1, 0.15) is 30.7 Å². The summed E-state index contributed by atoms with van der Waals surface area (Å²) >= 11 is 1.80. The van der Waals surface area contributed by atoms with Crippen molar-refractivity contribution in [2.45, 2.75) is 39.7 Å². The van der Waals surface area contributed by atoms with Gasteiger partial charge in [0.1, 0.15) is 0 Å². The molecule has 1 fully saturated rings. The molecule has 1 saturated heterocycles. The second kappa shape index (κ2) is 10.7. The lowest BCUT2D eigenvalue weighted by atomic mass is 10.2. The Bertz CT molecular complexity index is 531. The highest BCUT2D eigenvalue weighted by Crippen LogP contribution is 2.13. The molecule has 0 saturated carbocycles. The van der Waals surface area contributed by atoms with E-state index >= 15 is 0 Å². The number of rotatable bonds is 8. The number of hydrogen-bond acceptors (Lipinski definition) is 5. The molecule has 1 aliphatic heterocycles. The number of thiazole rings is 1. The predicted molar refractivity (Wildman–Crippen MR) is 106 cm³/mol. The summed E-state index contributed by atoms with van der Waals surface area (Å²) < 4.78 is 5.88. The molecule has 7 heteroatoms. The lowest BCUT2D eigenvalue weighted by Gasteiger charge is -2.34. The third kappa shape index (κ3) is 7.30. The summed E-state index contributed by atoms with van der Waals surface area (Å²) in [4.78, 5) is 12.6. The van der Waals surface area contributed by atoms with Gasteiger partial charge in [0.15, 0.2) is 5.96 Å². The first-order chi connectivity index (χ1) is 12.1. The molecule has 6 nitrogen and oxygen atoms in total. The molecule has 2 heterocycles. The van der Waals surface area contributed by atoms with Gasteiger partial charge < -0.3 is 15.4 Å². The van der Waals surface area contributed by atoms with Crippen LogP contribution in [0.5, 0.6) is 0 Å². The Morgan fingerprint density at radius 1 is 1.48 bits per heavy atom. The maximum Gasteiger partial charge on any atom is 0.191 e. The van der Waals surface area contributed by atoms with Crippen LogP contribution in [-0.4, -0.2) is 68.3 Å². The molecule has 0 radical (unpaired) electrons. The highest BCUT2D eigenvalue weighted by atomic mass is 32.1. The van der Waals surface area contributed by atoms with Crippen molar-refractivity contribution in [2.24, 2.45) is 10.9 Å². The minimum absolute atomic E-state index is 0.220. The number of aryl methyl sites for hydroxylation is 1. The van der Waals surface area contributed by atoms with Crippen molar-refractivity contribution in [3.63, 3.8) is 0 Å². The van der Waals surface area contributed by atoms with Crippen LogP contribution in [0, 0.1) is 5.92 Å². The number of ether oxygens (including phenoxy) is 1. The fraction of sp³-hybridized carbons (Fsp3) is 0.778. The number of guanidine groups is 1. The molecule has 25 heavy (non-hydrogen) atoms. The first kappa shape index (κ1) is 20.1. The molecule has 1 aromatic rings. The van der Waals surface area contributed by atoms with Crippen LogP contribution in [0.4, 0.5) is 0 Å². The Hall–Kier alpha value is -1.18. The maximum absolute atomic E-state index is 5.88. The largest absolute Gasteiger partial charge is 0.374 e. The predicted octanol–water partition coefficient (Wildman–Crippen LogP) is 1.77. The van der Waals surface area contributed by atoms with Crippen LogP contribution in [-0.2, 0) is 17.6 Å². The van der Waals surface area contributed by atoms with E-state index in [1.54, 1.807) is 18.4 Å². The second-order valence-electron chi connectivity index (χ2n) is 6.85. The van der Waals surface area contributed by atoms with Gasteiger partial charge in [0.2, 0.25) is 0 Å². The lowest BCUT2D eigenvalue weighted by molar-refractivity contribution is -0.0284. The van der Waals surface area contributed by atoms with Gasteiger partial charge in [-0.1, -0.05) is 20.8 Å². The summed E-state index contributed by atoms with van der Waals surface area (Å²) in [5.41, 5.74) is 0. The monoisotopic (exact) mass is 367 g/mol. The molecule has 0 aliphatic carbocycles. The molecule has 1 aliphatic rings. The fourth-order valence-corrected chi connectivity index (χ4v) is 3.79. The van der Waals surface area contributed by atoms with Crippen molar-refractivity contribution in [3.8, 4) is 0 Å². The molecule has 2 rings (SSSR count). The summed E-state index contributed by atoms with van der Waals surface area (Å²) in [6.07, 6.45) is 4.19. The number of nitrogens with zero attached hydrogens (tertiary/aromatic N) is 3. The van der Waals surface area contributed by atoms with Crippen LogP contribution in [0.15, 0.2) is 11.2 Å². The molecule has 142 valence electrons. The van der Waals surface area contributed by atoms with E-state index in [-0.39, 0.29) is 6.10 Å². The smallest absolute Gasteiger partial charge is 0.191 e. The van der Waals surface area contributed by atoms with E-state index in [0.29, 0.717) is 5.92 Å². The minimum atomic E-state index is 0.220. The third-order valence-electron chi connectivity index (χ3n) is 4.15. The Morgan fingerprint density at radius 3 is 3.00 bits per heavy atom. The molecule has 1 unspecified atom stereocenters. The summed E-state index contributed by atoms with van der Waals surface area (Å²) in [5.74, 6) is 1.53. The van der Waals surface area contributed by atoms with Crippen molar-refractivity contribution in [1.82, 2.24) is 20.5 Å². The average molecular weight is 368 g/mol. The summed E-state index contributed by atoms with van der Waals surface area (Å²) in [6, 6.07) is 0. The molecule has 1 aromatic heterocycles. The topological polar surface area (TPSA) is 61.8 Å². The van der Waals surface area contributed by atoms with Gasteiger partial charge in [0.05, 0.1) is 17.7 Å².